The van der Waals surface area contributed by atoms with Crippen LogP contribution in [0.4, 0.5) is 17.1 Å². The van der Waals surface area contributed by atoms with Gasteiger partial charge in [0.15, 0.2) is 0 Å². The molecule has 1 aromatic heterocycles. The Hall–Kier alpha value is -7.09. The second kappa shape index (κ2) is 13.7. The molecule has 8 aromatic carbocycles. The predicted molar refractivity (Wildman–Crippen MR) is 263 cm³/mol. The fourth-order valence-corrected chi connectivity index (χ4v) is 10.2. The molecule has 0 spiro atoms. The van der Waals surface area contributed by atoms with E-state index in [2.05, 4.69) is 216 Å². The van der Waals surface area contributed by atoms with Crippen molar-refractivity contribution in [3.05, 3.63) is 186 Å². The number of anilines is 3. The lowest BCUT2D eigenvalue weighted by atomic mass is 9.44. The van der Waals surface area contributed by atoms with Gasteiger partial charge in [-0.2, -0.15) is 5.26 Å². The zero-order chi connectivity index (χ0) is 42.7. The molecule has 0 fully saturated rings. The molecule has 298 valence electrons. The minimum Gasteiger partial charge on any atom is -0.375 e. The van der Waals surface area contributed by atoms with Crippen LogP contribution in [0.25, 0.3) is 66.3 Å². The van der Waals surface area contributed by atoms with E-state index in [0.717, 1.165) is 11.3 Å². The third kappa shape index (κ3) is 5.79. The van der Waals surface area contributed by atoms with Crippen LogP contribution in [0.15, 0.2) is 164 Å². The highest BCUT2D eigenvalue weighted by molar-refractivity contribution is 6.90. The number of nitriles is 1. The molecule has 62 heavy (non-hydrogen) atoms. The molecule has 9 aromatic rings. The van der Waals surface area contributed by atoms with Gasteiger partial charge in [0.1, 0.15) is 0 Å². The van der Waals surface area contributed by atoms with Gasteiger partial charge in [-0.3, -0.25) is 0 Å². The minimum atomic E-state index is -0.0966. The van der Waals surface area contributed by atoms with E-state index in [-0.39, 0.29) is 17.7 Å². The van der Waals surface area contributed by atoms with Crippen LogP contribution < -0.4 is 15.8 Å². The second-order valence-corrected chi connectivity index (χ2v) is 19.4. The van der Waals surface area contributed by atoms with Gasteiger partial charge < -0.3 is 9.38 Å². The first-order valence-electron chi connectivity index (χ1n) is 21.8. The first kappa shape index (κ1) is 37.9. The Kier molecular flexibility index (Phi) is 8.38. The van der Waals surface area contributed by atoms with Crippen molar-refractivity contribution in [2.45, 2.75) is 59.3 Å². The van der Waals surface area contributed by atoms with Crippen molar-refractivity contribution in [2.75, 3.05) is 4.90 Å². The molecule has 0 aliphatic carbocycles. The van der Waals surface area contributed by atoms with Crippen LogP contribution in [0.1, 0.15) is 63.8 Å². The van der Waals surface area contributed by atoms with Crippen LogP contribution in [0.5, 0.6) is 0 Å². The summed E-state index contributed by atoms with van der Waals surface area (Å²) < 4.78 is 2.69. The lowest BCUT2D eigenvalue weighted by Crippen LogP contribution is -2.57. The fourth-order valence-electron chi connectivity index (χ4n) is 10.2. The molecular weight excluding hydrogens is 749 g/mol. The zero-order valence-electron chi connectivity index (χ0n) is 36.5. The number of rotatable bonds is 4. The lowest BCUT2D eigenvalue weighted by molar-refractivity contribution is 0.590. The van der Waals surface area contributed by atoms with Crippen LogP contribution in [0.3, 0.4) is 0 Å². The number of fused-ring (bicyclic) bond motifs is 7. The summed E-state index contributed by atoms with van der Waals surface area (Å²) >= 11 is 0. The van der Waals surface area contributed by atoms with Crippen LogP contribution in [-0.2, 0) is 10.8 Å². The van der Waals surface area contributed by atoms with Gasteiger partial charge in [0.2, 0.25) is 0 Å². The van der Waals surface area contributed by atoms with E-state index in [4.69, 9.17) is 0 Å². The van der Waals surface area contributed by atoms with Crippen LogP contribution in [0.2, 0.25) is 0 Å². The summed E-state index contributed by atoms with van der Waals surface area (Å²) in [7, 11) is 0. The van der Waals surface area contributed by atoms with Crippen molar-refractivity contribution in [3.8, 4) is 50.6 Å². The molecule has 0 saturated carbocycles. The standard InChI is InChI=1S/C58H48BN3/c1-36-46(41-20-18-37(35-60)19-21-41)34-53-55-54(36)49-33-44(58(5,6)7)32-48-47-31-43(57(2,3)4)25-29-51(47)62(56(48)49)59(55)50-30-42(39-16-12-9-13-17-39)24-28-52(50)61(53)45-26-22-40(23-27-45)38-14-10-8-11-15-38/h8-34H,1-7H3. The minimum absolute atomic E-state index is 0.00539. The van der Waals surface area contributed by atoms with Crippen molar-refractivity contribution in [2.24, 2.45) is 0 Å². The third-order valence-corrected chi connectivity index (χ3v) is 13.5. The molecule has 11 rings (SSSR count). The van der Waals surface area contributed by atoms with E-state index in [0.29, 0.717) is 5.56 Å². The van der Waals surface area contributed by atoms with Gasteiger partial charge in [0, 0.05) is 44.4 Å². The summed E-state index contributed by atoms with van der Waals surface area (Å²) in [5, 5.41) is 12.4. The summed E-state index contributed by atoms with van der Waals surface area (Å²) in [5.41, 5.74) is 22.7. The molecule has 0 amide bonds. The highest BCUT2D eigenvalue weighted by Gasteiger charge is 2.44. The molecule has 2 aliphatic heterocycles. The van der Waals surface area contributed by atoms with Gasteiger partial charge in [-0.15, -0.1) is 0 Å². The first-order chi connectivity index (χ1) is 29.9. The maximum absolute atomic E-state index is 9.80. The summed E-state index contributed by atoms with van der Waals surface area (Å²) in [6.07, 6.45) is 0. The topological polar surface area (TPSA) is 32.0 Å². The number of hydrogen-bond donors (Lipinski definition) is 0. The predicted octanol–water partition coefficient (Wildman–Crippen LogP) is 14.0. The molecule has 0 N–H and O–H groups in total. The SMILES string of the molecule is Cc1c(-c2ccc(C#N)cc2)cc2c3c1-c1cc(C(C)(C)C)cc4c5cc(C(C)(C)C)ccc5n(c14)B3c1cc(-c3ccccc3)ccc1N2c1ccc(-c2ccccc2)cc1. The highest BCUT2D eigenvalue weighted by Crippen LogP contribution is 2.50. The van der Waals surface area contributed by atoms with Gasteiger partial charge in [0.25, 0.3) is 0 Å². The molecule has 4 heteroatoms. The van der Waals surface area contributed by atoms with Crippen molar-refractivity contribution in [3.63, 3.8) is 0 Å². The Morgan fingerprint density at radius 1 is 0.516 bits per heavy atom. The molecule has 0 unspecified atom stereocenters. The Balaban J connectivity index is 1.30. The van der Waals surface area contributed by atoms with Gasteiger partial charge in [0.05, 0.1) is 11.6 Å². The smallest absolute Gasteiger partial charge is 0.333 e. The monoisotopic (exact) mass is 797 g/mol. The second-order valence-electron chi connectivity index (χ2n) is 19.4. The van der Waals surface area contributed by atoms with E-state index in [1.807, 2.05) is 12.1 Å². The molecule has 0 radical (unpaired) electrons. The van der Waals surface area contributed by atoms with Crippen molar-refractivity contribution in [1.29, 1.82) is 5.26 Å². The zero-order valence-corrected chi connectivity index (χ0v) is 36.5. The van der Waals surface area contributed by atoms with Crippen LogP contribution in [0, 0.1) is 18.3 Å². The quantitative estimate of drug-likeness (QED) is 0.166. The summed E-state index contributed by atoms with van der Waals surface area (Å²) in [5.74, 6) is 0. The number of nitrogens with zero attached hydrogens (tertiary/aromatic N) is 3. The van der Waals surface area contributed by atoms with Gasteiger partial charge in [-0.05, 0) is 145 Å². The fraction of sp³-hybridized carbons (Fsp3) is 0.155. The third-order valence-electron chi connectivity index (χ3n) is 13.5. The largest absolute Gasteiger partial charge is 0.375 e. The normalized spacial score (nSPS) is 13.0. The maximum Gasteiger partial charge on any atom is 0.333 e. The lowest BCUT2D eigenvalue weighted by Gasteiger charge is -2.42. The van der Waals surface area contributed by atoms with Crippen LogP contribution >= 0.6 is 0 Å². The molecule has 3 heterocycles. The first-order valence-corrected chi connectivity index (χ1v) is 21.8. The summed E-state index contributed by atoms with van der Waals surface area (Å²) in [6, 6.07) is 62.8. The Morgan fingerprint density at radius 2 is 1.11 bits per heavy atom. The van der Waals surface area contributed by atoms with Crippen molar-refractivity contribution < 1.29 is 0 Å². The van der Waals surface area contributed by atoms with Crippen molar-refractivity contribution in [1.82, 2.24) is 4.48 Å². The molecule has 0 bridgehead atoms. The Labute approximate surface area is 365 Å². The van der Waals surface area contributed by atoms with E-state index >= 15 is 0 Å². The summed E-state index contributed by atoms with van der Waals surface area (Å²) in [4.78, 5) is 2.51. The number of hydrogen-bond acceptors (Lipinski definition) is 2. The summed E-state index contributed by atoms with van der Waals surface area (Å²) in [6.45, 7) is 16.2. The Morgan fingerprint density at radius 3 is 1.76 bits per heavy atom. The van der Waals surface area contributed by atoms with Gasteiger partial charge >= 0.3 is 6.85 Å². The average molecular weight is 798 g/mol. The van der Waals surface area contributed by atoms with Gasteiger partial charge in [-0.1, -0.05) is 145 Å². The molecule has 0 atom stereocenters. The number of benzene rings is 8. The molecular formula is C58H48BN3. The molecule has 2 aliphatic rings. The van der Waals surface area contributed by atoms with E-state index in [9.17, 15) is 5.26 Å². The van der Waals surface area contributed by atoms with Crippen LogP contribution in [-0.4, -0.2) is 11.3 Å². The average Bonchev–Trinajstić information content (AvgIpc) is 3.62. The highest BCUT2D eigenvalue weighted by atomic mass is 15.2. The Bertz CT molecular complexity index is 3300. The van der Waals surface area contributed by atoms with E-state index in [1.54, 1.807) is 0 Å². The maximum atomic E-state index is 9.80. The molecule has 0 saturated heterocycles. The molecule has 3 nitrogen and oxygen atoms in total. The van der Waals surface area contributed by atoms with Crippen molar-refractivity contribution >= 4 is 56.6 Å². The van der Waals surface area contributed by atoms with E-state index < -0.39 is 0 Å². The van der Waals surface area contributed by atoms with E-state index in [1.165, 1.54) is 99.7 Å². The number of aromatic nitrogens is 1. The van der Waals surface area contributed by atoms with Gasteiger partial charge in [-0.25, -0.2) is 0 Å².